The summed E-state index contributed by atoms with van der Waals surface area (Å²) < 4.78 is 23.5. The highest BCUT2D eigenvalue weighted by Gasteiger charge is 2.16. The van der Waals surface area contributed by atoms with E-state index in [1.54, 1.807) is 18.2 Å². The van der Waals surface area contributed by atoms with Gasteiger partial charge in [0, 0.05) is 12.7 Å². The number of anilines is 1. The Morgan fingerprint density at radius 2 is 1.64 bits per heavy atom. The Hall–Kier alpha value is -2.14. The first-order valence-electron chi connectivity index (χ1n) is 7.02. The first kappa shape index (κ1) is 16.2. The summed E-state index contributed by atoms with van der Waals surface area (Å²) in [5, 5.41) is 2.70. The number of hydrogen-bond acceptors (Lipinski definition) is 3. The van der Waals surface area contributed by atoms with Crippen LogP contribution in [0.2, 0.25) is 0 Å². The highest BCUT2D eigenvalue weighted by atomic mass is 32.2. The number of carbonyl (C=O) groups is 1. The van der Waals surface area contributed by atoms with E-state index in [0.717, 1.165) is 11.8 Å². The molecule has 0 aliphatic carbocycles. The molecule has 22 heavy (non-hydrogen) atoms. The Labute approximate surface area is 131 Å². The van der Waals surface area contributed by atoms with E-state index in [2.05, 4.69) is 5.32 Å². The molecular formula is C17H19NO3S. The minimum absolute atomic E-state index is 0.0617. The van der Waals surface area contributed by atoms with Crippen LogP contribution < -0.4 is 5.32 Å². The maximum Gasteiger partial charge on any atom is 0.225 e. The van der Waals surface area contributed by atoms with Crippen molar-refractivity contribution in [3.8, 4) is 0 Å². The third-order valence-electron chi connectivity index (χ3n) is 3.42. The summed E-state index contributed by atoms with van der Waals surface area (Å²) in [5.74, 6) is -0.140. The van der Waals surface area contributed by atoms with Gasteiger partial charge in [-0.1, -0.05) is 49.4 Å². The largest absolute Gasteiger partial charge is 0.325 e. The minimum atomic E-state index is -3.37. The van der Waals surface area contributed by atoms with Crippen LogP contribution in [-0.4, -0.2) is 20.6 Å². The Balaban J connectivity index is 2.11. The van der Waals surface area contributed by atoms with Crippen LogP contribution in [0.15, 0.2) is 59.5 Å². The normalized spacial score (nSPS) is 12.6. The zero-order valence-corrected chi connectivity index (χ0v) is 13.4. The molecule has 0 heterocycles. The molecule has 4 nitrogen and oxygen atoms in total. The zero-order chi connectivity index (χ0) is 16.2. The fourth-order valence-corrected chi connectivity index (χ4v) is 3.12. The molecule has 0 radical (unpaired) electrons. The number of para-hydroxylation sites is 1. The first-order chi connectivity index (χ1) is 10.4. The number of benzene rings is 2. The lowest BCUT2D eigenvalue weighted by Gasteiger charge is -2.13. The number of nitrogens with one attached hydrogen (secondary N) is 1. The number of hydrogen-bond donors (Lipinski definition) is 1. The van der Waals surface area contributed by atoms with Gasteiger partial charge in [0.2, 0.25) is 5.91 Å². The number of amides is 1. The van der Waals surface area contributed by atoms with Crippen molar-refractivity contribution < 1.29 is 13.2 Å². The first-order valence-corrected chi connectivity index (χ1v) is 8.91. The van der Waals surface area contributed by atoms with Crippen LogP contribution >= 0.6 is 0 Å². The van der Waals surface area contributed by atoms with Gasteiger partial charge >= 0.3 is 0 Å². The SMILES string of the molecule is CC(CC(=O)Nc1ccccc1S(C)(=O)=O)c1ccccc1. The van der Waals surface area contributed by atoms with Gasteiger partial charge in [0.1, 0.15) is 0 Å². The van der Waals surface area contributed by atoms with E-state index in [4.69, 9.17) is 0 Å². The van der Waals surface area contributed by atoms with Crippen molar-refractivity contribution in [3.63, 3.8) is 0 Å². The average molecular weight is 317 g/mol. The molecule has 2 aromatic rings. The van der Waals surface area contributed by atoms with Gasteiger partial charge < -0.3 is 5.32 Å². The predicted molar refractivity (Wildman–Crippen MR) is 87.7 cm³/mol. The third-order valence-corrected chi connectivity index (χ3v) is 4.58. The maximum absolute atomic E-state index is 12.2. The molecule has 1 atom stereocenters. The summed E-state index contributed by atoms with van der Waals surface area (Å²) in [4.78, 5) is 12.3. The lowest BCUT2D eigenvalue weighted by atomic mass is 9.97. The van der Waals surface area contributed by atoms with Gasteiger partial charge in [0.25, 0.3) is 0 Å². The van der Waals surface area contributed by atoms with Crippen LogP contribution in [0.3, 0.4) is 0 Å². The van der Waals surface area contributed by atoms with E-state index in [-0.39, 0.29) is 16.7 Å². The Kier molecular flexibility index (Phi) is 4.98. The molecule has 2 aromatic carbocycles. The van der Waals surface area contributed by atoms with Crippen molar-refractivity contribution in [2.45, 2.75) is 24.2 Å². The summed E-state index contributed by atoms with van der Waals surface area (Å²) in [6.07, 6.45) is 1.42. The molecule has 5 heteroatoms. The van der Waals surface area contributed by atoms with Gasteiger partial charge in [-0.2, -0.15) is 0 Å². The molecule has 2 rings (SSSR count). The van der Waals surface area contributed by atoms with Crippen LogP contribution in [-0.2, 0) is 14.6 Å². The molecule has 0 aliphatic heterocycles. The van der Waals surface area contributed by atoms with Crippen molar-refractivity contribution in [2.24, 2.45) is 0 Å². The smallest absolute Gasteiger partial charge is 0.225 e. The van der Waals surface area contributed by atoms with E-state index < -0.39 is 9.84 Å². The van der Waals surface area contributed by atoms with E-state index in [1.807, 2.05) is 37.3 Å². The van der Waals surface area contributed by atoms with Crippen LogP contribution in [0.1, 0.15) is 24.8 Å². The Bertz CT molecular complexity index is 754. The van der Waals surface area contributed by atoms with Gasteiger partial charge in [0.05, 0.1) is 10.6 Å². The standard InChI is InChI=1S/C17H19NO3S/c1-13(14-8-4-3-5-9-14)12-17(19)18-15-10-6-7-11-16(15)22(2,20)21/h3-11,13H,12H2,1-2H3,(H,18,19). The molecule has 0 fully saturated rings. The van der Waals surface area contributed by atoms with Gasteiger partial charge in [-0.15, -0.1) is 0 Å². The molecule has 1 unspecified atom stereocenters. The summed E-state index contributed by atoms with van der Waals surface area (Å²) in [6, 6.07) is 16.2. The van der Waals surface area contributed by atoms with Crippen LogP contribution in [0.4, 0.5) is 5.69 Å². The second-order valence-electron chi connectivity index (χ2n) is 5.33. The highest BCUT2D eigenvalue weighted by Crippen LogP contribution is 2.23. The van der Waals surface area contributed by atoms with Crippen molar-refractivity contribution >= 4 is 21.4 Å². The fourth-order valence-electron chi connectivity index (χ4n) is 2.27. The lowest BCUT2D eigenvalue weighted by molar-refractivity contribution is -0.116. The Morgan fingerprint density at radius 3 is 2.27 bits per heavy atom. The molecule has 0 bridgehead atoms. The summed E-state index contributed by atoms with van der Waals surface area (Å²) in [5.41, 5.74) is 1.41. The molecular weight excluding hydrogens is 298 g/mol. The second-order valence-corrected chi connectivity index (χ2v) is 7.32. The molecule has 116 valence electrons. The monoisotopic (exact) mass is 317 g/mol. The van der Waals surface area contributed by atoms with Crippen molar-refractivity contribution in [1.29, 1.82) is 0 Å². The lowest BCUT2D eigenvalue weighted by Crippen LogP contribution is -2.16. The predicted octanol–water partition coefficient (Wildman–Crippen LogP) is 3.22. The maximum atomic E-state index is 12.2. The highest BCUT2D eigenvalue weighted by molar-refractivity contribution is 7.90. The molecule has 0 saturated carbocycles. The second kappa shape index (κ2) is 6.75. The molecule has 0 saturated heterocycles. The molecule has 1 amide bonds. The third kappa shape index (κ3) is 4.18. The van der Waals surface area contributed by atoms with Gasteiger partial charge in [0.15, 0.2) is 9.84 Å². The van der Waals surface area contributed by atoms with E-state index in [9.17, 15) is 13.2 Å². The molecule has 0 spiro atoms. The van der Waals surface area contributed by atoms with Crippen molar-refractivity contribution in [1.82, 2.24) is 0 Å². The number of rotatable bonds is 5. The summed E-state index contributed by atoms with van der Waals surface area (Å²) in [6.45, 7) is 1.97. The number of carbonyl (C=O) groups excluding carboxylic acids is 1. The van der Waals surface area contributed by atoms with Crippen LogP contribution in [0, 0.1) is 0 Å². The average Bonchev–Trinajstić information content (AvgIpc) is 2.47. The topological polar surface area (TPSA) is 63.2 Å². The van der Waals surface area contributed by atoms with Gasteiger partial charge in [-0.25, -0.2) is 8.42 Å². The summed E-state index contributed by atoms with van der Waals surface area (Å²) >= 11 is 0. The van der Waals surface area contributed by atoms with Crippen LogP contribution in [0.5, 0.6) is 0 Å². The van der Waals surface area contributed by atoms with Crippen LogP contribution in [0.25, 0.3) is 0 Å². The Morgan fingerprint density at radius 1 is 1.05 bits per heavy atom. The quantitative estimate of drug-likeness (QED) is 0.921. The minimum Gasteiger partial charge on any atom is -0.325 e. The zero-order valence-electron chi connectivity index (χ0n) is 12.6. The van der Waals surface area contributed by atoms with E-state index >= 15 is 0 Å². The molecule has 0 aliphatic rings. The van der Waals surface area contributed by atoms with E-state index in [0.29, 0.717) is 12.1 Å². The molecule has 0 aromatic heterocycles. The fraction of sp³-hybridized carbons (Fsp3) is 0.235. The van der Waals surface area contributed by atoms with Crippen molar-refractivity contribution in [2.75, 3.05) is 11.6 Å². The van der Waals surface area contributed by atoms with Gasteiger partial charge in [-0.05, 0) is 23.6 Å². The van der Waals surface area contributed by atoms with Crippen molar-refractivity contribution in [3.05, 3.63) is 60.2 Å². The van der Waals surface area contributed by atoms with Gasteiger partial charge in [-0.3, -0.25) is 4.79 Å². The van der Waals surface area contributed by atoms with E-state index in [1.165, 1.54) is 6.07 Å². The molecule has 1 N–H and O–H groups in total. The number of sulfone groups is 1. The summed E-state index contributed by atoms with van der Waals surface area (Å²) in [7, 11) is -3.37.